The molecule has 1 aromatic carbocycles. The van der Waals surface area contributed by atoms with Crippen molar-refractivity contribution in [1.82, 2.24) is 5.32 Å². The van der Waals surface area contributed by atoms with Crippen LogP contribution in [-0.4, -0.2) is 26.3 Å². The average molecular weight is 235 g/mol. The summed E-state index contributed by atoms with van der Waals surface area (Å²) in [6.45, 7) is 3.52. The smallest absolute Gasteiger partial charge is 0.161 e. The molecule has 1 unspecified atom stereocenters. The molecule has 1 atom stereocenters. The van der Waals surface area contributed by atoms with E-state index in [0.717, 1.165) is 17.9 Å². The van der Waals surface area contributed by atoms with E-state index in [1.54, 1.807) is 0 Å². The van der Waals surface area contributed by atoms with Gasteiger partial charge in [0, 0.05) is 6.04 Å². The van der Waals surface area contributed by atoms with Gasteiger partial charge in [-0.1, -0.05) is 19.4 Å². The van der Waals surface area contributed by atoms with Gasteiger partial charge in [0.2, 0.25) is 0 Å². The molecule has 1 heterocycles. The average Bonchev–Trinajstić information content (AvgIpc) is 2.38. The third kappa shape index (κ3) is 3.13. The summed E-state index contributed by atoms with van der Waals surface area (Å²) < 4.78 is 11.1. The highest BCUT2D eigenvalue weighted by Gasteiger charge is 2.13. The maximum atomic E-state index is 5.59. The minimum absolute atomic E-state index is 0.544. The molecule has 1 aromatic rings. The zero-order chi connectivity index (χ0) is 12.1. The van der Waals surface area contributed by atoms with Crippen molar-refractivity contribution < 1.29 is 9.47 Å². The number of hydrogen-bond donors (Lipinski definition) is 1. The Bertz CT molecular complexity index is 365. The zero-order valence-corrected chi connectivity index (χ0v) is 10.7. The van der Waals surface area contributed by atoms with Crippen molar-refractivity contribution in [3.05, 3.63) is 23.8 Å². The summed E-state index contributed by atoms with van der Waals surface area (Å²) in [5.74, 6) is 1.76. The number of benzene rings is 1. The molecule has 0 spiro atoms. The summed E-state index contributed by atoms with van der Waals surface area (Å²) in [6, 6.07) is 6.80. The Morgan fingerprint density at radius 3 is 2.71 bits per heavy atom. The molecule has 0 bridgehead atoms. The Morgan fingerprint density at radius 2 is 2.00 bits per heavy atom. The molecular formula is C14H21NO2. The van der Waals surface area contributed by atoms with Gasteiger partial charge >= 0.3 is 0 Å². The lowest BCUT2D eigenvalue weighted by Gasteiger charge is -2.20. The van der Waals surface area contributed by atoms with Crippen LogP contribution in [0, 0.1) is 0 Å². The Labute approximate surface area is 103 Å². The van der Waals surface area contributed by atoms with Crippen LogP contribution in [0.25, 0.3) is 0 Å². The standard InChI is InChI=1S/C14H21NO2/c1-3-4-12(15-2)9-11-5-6-13-14(10-11)17-8-7-16-13/h5-6,10,12,15H,3-4,7-9H2,1-2H3. The highest BCUT2D eigenvalue weighted by molar-refractivity contribution is 5.44. The van der Waals surface area contributed by atoms with Gasteiger partial charge in [-0.25, -0.2) is 0 Å². The minimum Gasteiger partial charge on any atom is -0.486 e. The summed E-state index contributed by atoms with van der Waals surface area (Å²) in [6.07, 6.45) is 3.45. The van der Waals surface area contributed by atoms with Gasteiger partial charge in [-0.05, 0) is 37.6 Å². The van der Waals surface area contributed by atoms with Crippen LogP contribution in [0.5, 0.6) is 11.5 Å². The Kier molecular flexibility index (Phi) is 4.26. The van der Waals surface area contributed by atoms with Crippen molar-refractivity contribution >= 4 is 0 Å². The van der Waals surface area contributed by atoms with E-state index in [-0.39, 0.29) is 0 Å². The molecule has 0 aliphatic carbocycles. The monoisotopic (exact) mass is 235 g/mol. The van der Waals surface area contributed by atoms with Crippen molar-refractivity contribution in [2.45, 2.75) is 32.2 Å². The fraction of sp³-hybridized carbons (Fsp3) is 0.571. The van der Waals surface area contributed by atoms with E-state index in [9.17, 15) is 0 Å². The summed E-state index contributed by atoms with van der Waals surface area (Å²) in [7, 11) is 2.03. The van der Waals surface area contributed by atoms with E-state index in [4.69, 9.17) is 9.47 Å². The van der Waals surface area contributed by atoms with Crippen LogP contribution in [-0.2, 0) is 6.42 Å². The van der Waals surface area contributed by atoms with Crippen LogP contribution < -0.4 is 14.8 Å². The van der Waals surface area contributed by atoms with Gasteiger partial charge in [0.25, 0.3) is 0 Å². The van der Waals surface area contributed by atoms with Gasteiger partial charge in [-0.2, -0.15) is 0 Å². The first-order valence-corrected chi connectivity index (χ1v) is 6.39. The molecule has 0 fully saturated rings. The molecule has 17 heavy (non-hydrogen) atoms. The Hall–Kier alpha value is -1.22. The fourth-order valence-electron chi connectivity index (χ4n) is 2.20. The lowest BCUT2D eigenvalue weighted by atomic mass is 10.0. The first-order chi connectivity index (χ1) is 8.33. The molecule has 2 rings (SSSR count). The van der Waals surface area contributed by atoms with E-state index < -0.39 is 0 Å². The maximum Gasteiger partial charge on any atom is 0.161 e. The molecular weight excluding hydrogens is 214 g/mol. The molecule has 0 amide bonds. The normalized spacial score (nSPS) is 15.6. The lowest BCUT2D eigenvalue weighted by Crippen LogP contribution is -2.27. The second-order valence-corrected chi connectivity index (χ2v) is 4.46. The van der Waals surface area contributed by atoms with Gasteiger partial charge in [0.1, 0.15) is 13.2 Å². The van der Waals surface area contributed by atoms with Crippen LogP contribution in [0.15, 0.2) is 18.2 Å². The predicted molar refractivity (Wildman–Crippen MR) is 68.9 cm³/mol. The molecule has 1 aliphatic rings. The summed E-state index contributed by atoms with van der Waals surface area (Å²) in [5.41, 5.74) is 1.31. The molecule has 1 aliphatic heterocycles. The van der Waals surface area contributed by atoms with E-state index in [1.165, 1.54) is 18.4 Å². The van der Waals surface area contributed by atoms with Crippen molar-refractivity contribution in [2.24, 2.45) is 0 Å². The van der Waals surface area contributed by atoms with Crippen LogP contribution in [0.2, 0.25) is 0 Å². The number of fused-ring (bicyclic) bond motifs is 1. The van der Waals surface area contributed by atoms with E-state index >= 15 is 0 Å². The van der Waals surface area contributed by atoms with Crippen molar-refractivity contribution in [1.29, 1.82) is 0 Å². The third-order valence-electron chi connectivity index (χ3n) is 3.13. The fourth-order valence-corrected chi connectivity index (χ4v) is 2.20. The predicted octanol–water partition coefficient (Wildman–Crippen LogP) is 2.39. The van der Waals surface area contributed by atoms with Crippen molar-refractivity contribution in [2.75, 3.05) is 20.3 Å². The number of ether oxygens (including phenoxy) is 2. The van der Waals surface area contributed by atoms with Gasteiger partial charge in [0.15, 0.2) is 11.5 Å². The summed E-state index contributed by atoms with van der Waals surface area (Å²) >= 11 is 0. The maximum absolute atomic E-state index is 5.59. The SMILES string of the molecule is CCCC(Cc1ccc2c(c1)OCCO2)NC. The van der Waals surface area contributed by atoms with Crippen LogP contribution >= 0.6 is 0 Å². The van der Waals surface area contributed by atoms with Crippen LogP contribution in [0.4, 0.5) is 0 Å². The quantitative estimate of drug-likeness (QED) is 0.850. The van der Waals surface area contributed by atoms with Crippen molar-refractivity contribution in [3.8, 4) is 11.5 Å². The highest BCUT2D eigenvalue weighted by Crippen LogP contribution is 2.31. The summed E-state index contributed by atoms with van der Waals surface area (Å²) in [4.78, 5) is 0. The molecule has 0 aromatic heterocycles. The Balaban J connectivity index is 2.05. The molecule has 94 valence electrons. The van der Waals surface area contributed by atoms with E-state index in [1.807, 2.05) is 13.1 Å². The largest absolute Gasteiger partial charge is 0.486 e. The third-order valence-corrected chi connectivity index (χ3v) is 3.13. The summed E-state index contributed by atoms with van der Waals surface area (Å²) in [5, 5.41) is 3.36. The van der Waals surface area contributed by atoms with Gasteiger partial charge in [-0.15, -0.1) is 0 Å². The number of nitrogens with one attached hydrogen (secondary N) is 1. The molecule has 3 nitrogen and oxygen atoms in total. The first-order valence-electron chi connectivity index (χ1n) is 6.39. The molecule has 1 N–H and O–H groups in total. The van der Waals surface area contributed by atoms with Crippen LogP contribution in [0.3, 0.4) is 0 Å². The second-order valence-electron chi connectivity index (χ2n) is 4.46. The Morgan fingerprint density at radius 1 is 1.24 bits per heavy atom. The van der Waals surface area contributed by atoms with E-state index in [2.05, 4.69) is 24.4 Å². The molecule has 0 radical (unpaired) electrons. The van der Waals surface area contributed by atoms with Crippen LogP contribution in [0.1, 0.15) is 25.3 Å². The molecule has 3 heteroatoms. The highest BCUT2D eigenvalue weighted by atomic mass is 16.6. The molecule has 0 saturated carbocycles. The lowest BCUT2D eigenvalue weighted by molar-refractivity contribution is 0.171. The number of rotatable bonds is 5. The van der Waals surface area contributed by atoms with Crippen molar-refractivity contribution in [3.63, 3.8) is 0 Å². The number of likely N-dealkylation sites (N-methyl/N-ethyl adjacent to an activating group) is 1. The topological polar surface area (TPSA) is 30.5 Å². The molecule has 0 saturated heterocycles. The number of hydrogen-bond acceptors (Lipinski definition) is 3. The van der Waals surface area contributed by atoms with E-state index in [0.29, 0.717) is 19.3 Å². The minimum atomic E-state index is 0.544. The first kappa shape index (κ1) is 12.2. The van der Waals surface area contributed by atoms with Gasteiger partial charge in [0.05, 0.1) is 0 Å². The zero-order valence-electron chi connectivity index (χ0n) is 10.7. The second kappa shape index (κ2) is 5.92. The van der Waals surface area contributed by atoms with Gasteiger partial charge in [-0.3, -0.25) is 0 Å². The van der Waals surface area contributed by atoms with Gasteiger partial charge < -0.3 is 14.8 Å².